The van der Waals surface area contributed by atoms with Crippen LogP contribution in [0.15, 0.2) is 24.3 Å². The standard InChI is InChI=1S/C14H15ClN2O3S/c1-8-13(19)17(14(20)9(2)21-8)7-12(18)16-11-5-3-4-10(15)6-11/h3-6,8-9H,7H2,1-2H3,(H,16,18)/t8-,9+. The number of halogens is 1. The smallest absolute Gasteiger partial charge is 0.244 e. The Labute approximate surface area is 132 Å². The highest BCUT2D eigenvalue weighted by atomic mass is 35.5. The number of rotatable bonds is 3. The van der Waals surface area contributed by atoms with Gasteiger partial charge in [0.2, 0.25) is 17.7 Å². The number of carbonyl (C=O) groups excluding carboxylic acids is 3. The highest BCUT2D eigenvalue weighted by molar-refractivity contribution is 8.02. The normalized spacial score (nSPS) is 22.3. The van der Waals surface area contributed by atoms with Crippen molar-refractivity contribution in [2.75, 3.05) is 11.9 Å². The van der Waals surface area contributed by atoms with Crippen LogP contribution >= 0.6 is 23.4 Å². The summed E-state index contributed by atoms with van der Waals surface area (Å²) in [7, 11) is 0. The van der Waals surface area contributed by atoms with Crippen LogP contribution in [0.4, 0.5) is 5.69 Å². The van der Waals surface area contributed by atoms with Crippen molar-refractivity contribution in [3.63, 3.8) is 0 Å². The number of imide groups is 1. The fourth-order valence-corrected chi connectivity index (χ4v) is 3.33. The molecule has 1 aliphatic heterocycles. The molecule has 2 atom stereocenters. The van der Waals surface area contributed by atoms with Crippen LogP contribution in [0.25, 0.3) is 0 Å². The van der Waals surface area contributed by atoms with Gasteiger partial charge in [0.15, 0.2) is 0 Å². The van der Waals surface area contributed by atoms with Crippen LogP contribution in [0.3, 0.4) is 0 Å². The van der Waals surface area contributed by atoms with E-state index in [1.54, 1.807) is 38.1 Å². The summed E-state index contributed by atoms with van der Waals surface area (Å²) in [4.78, 5) is 37.0. The van der Waals surface area contributed by atoms with E-state index in [1.165, 1.54) is 11.8 Å². The molecule has 1 aliphatic rings. The highest BCUT2D eigenvalue weighted by Gasteiger charge is 2.37. The zero-order valence-electron chi connectivity index (χ0n) is 11.6. The second-order valence-corrected chi connectivity index (χ2v) is 6.86. The Morgan fingerprint density at radius 3 is 2.48 bits per heavy atom. The lowest BCUT2D eigenvalue weighted by atomic mass is 10.3. The van der Waals surface area contributed by atoms with Gasteiger partial charge in [-0.25, -0.2) is 0 Å². The van der Waals surface area contributed by atoms with Crippen molar-refractivity contribution in [2.24, 2.45) is 0 Å². The van der Waals surface area contributed by atoms with Crippen molar-refractivity contribution in [1.82, 2.24) is 4.90 Å². The summed E-state index contributed by atoms with van der Waals surface area (Å²) in [5, 5.41) is 2.48. The Balaban J connectivity index is 2.04. The van der Waals surface area contributed by atoms with Gasteiger partial charge in [-0.05, 0) is 32.0 Å². The molecule has 1 N–H and O–H groups in total. The fourth-order valence-electron chi connectivity index (χ4n) is 2.04. The molecule has 21 heavy (non-hydrogen) atoms. The van der Waals surface area contributed by atoms with Gasteiger partial charge in [0.25, 0.3) is 0 Å². The van der Waals surface area contributed by atoms with Gasteiger partial charge >= 0.3 is 0 Å². The van der Waals surface area contributed by atoms with E-state index in [4.69, 9.17) is 11.6 Å². The molecule has 0 unspecified atom stereocenters. The molecule has 1 saturated heterocycles. The topological polar surface area (TPSA) is 66.5 Å². The molecule has 2 rings (SSSR count). The predicted octanol–water partition coefficient (Wildman–Crippen LogP) is 2.16. The molecular weight excluding hydrogens is 312 g/mol. The van der Waals surface area contributed by atoms with Crippen LogP contribution in [0.5, 0.6) is 0 Å². The first-order valence-corrected chi connectivity index (χ1v) is 7.76. The summed E-state index contributed by atoms with van der Waals surface area (Å²) in [6.07, 6.45) is 0. The van der Waals surface area contributed by atoms with Crippen molar-refractivity contribution < 1.29 is 14.4 Å². The lowest BCUT2D eigenvalue weighted by Crippen LogP contribution is -2.52. The number of thioether (sulfide) groups is 1. The SMILES string of the molecule is C[C@@H]1S[C@H](C)C(=O)N(CC(=O)Nc2cccc(Cl)c2)C1=O. The Kier molecular flexibility index (Phi) is 4.90. The Hall–Kier alpha value is -1.53. The van der Waals surface area contributed by atoms with E-state index < -0.39 is 5.91 Å². The van der Waals surface area contributed by atoms with Crippen molar-refractivity contribution in [3.8, 4) is 0 Å². The van der Waals surface area contributed by atoms with Gasteiger partial charge in [0, 0.05) is 10.7 Å². The Bertz CT molecular complexity index is 573. The van der Waals surface area contributed by atoms with E-state index in [-0.39, 0.29) is 28.9 Å². The molecule has 0 radical (unpaired) electrons. The van der Waals surface area contributed by atoms with Crippen LogP contribution in [0.2, 0.25) is 5.02 Å². The molecule has 3 amide bonds. The van der Waals surface area contributed by atoms with Crippen LogP contribution < -0.4 is 5.32 Å². The summed E-state index contributed by atoms with van der Waals surface area (Å²) >= 11 is 7.14. The quantitative estimate of drug-likeness (QED) is 0.864. The maximum atomic E-state index is 12.0. The molecule has 1 aromatic rings. The second kappa shape index (κ2) is 6.49. The van der Waals surface area contributed by atoms with E-state index in [2.05, 4.69) is 5.32 Å². The molecule has 1 heterocycles. The van der Waals surface area contributed by atoms with Gasteiger partial charge in [-0.3, -0.25) is 19.3 Å². The molecular formula is C14H15ClN2O3S. The lowest BCUT2D eigenvalue weighted by molar-refractivity contribution is -0.147. The first-order chi connectivity index (χ1) is 9.88. The number of anilines is 1. The molecule has 0 aliphatic carbocycles. The minimum Gasteiger partial charge on any atom is -0.324 e. The number of hydrogen-bond acceptors (Lipinski definition) is 4. The molecule has 0 aromatic heterocycles. The Morgan fingerprint density at radius 2 is 1.90 bits per heavy atom. The van der Waals surface area contributed by atoms with Gasteiger partial charge in [-0.1, -0.05) is 17.7 Å². The van der Waals surface area contributed by atoms with Crippen LogP contribution in [0.1, 0.15) is 13.8 Å². The highest BCUT2D eigenvalue weighted by Crippen LogP contribution is 2.26. The van der Waals surface area contributed by atoms with Crippen LogP contribution in [0, 0.1) is 0 Å². The molecule has 7 heteroatoms. The molecule has 112 valence electrons. The first kappa shape index (κ1) is 15.9. The van der Waals surface area contributed by atoms with E-state index in [0.29, 0.717) is 10.7 Å². The zero-order valence-corrected chi connectivity index (χ0v) is 13.2. The lowest BCUT2D eigenvalue weighted by Gasteiger charge is -2.31. The molecule has 5 nitrogen and oxygen atoms in total. The number of hydrogen-bond donors (Lipinski definition) is 1. The third kappa shape index (κ3) is 3.77. The summed E-state index contributed by atoms with van der Waals surface area (Å²) in [5.41, 5.74) is 0.528. The number of carbonyl (C=O) groups is 3. The van der Waals surface area contributed by atoms with Gasteiger partial charge in [0.05, 0.1) is 10.5 Å². The first-order valence-electron chi connectivity index (χ1n) is 6.44. The number of benzene rings is 1. The molecule has 1 aromatic carbocycles. The summed E-state index contributed by atoms with van der Waals surface area (Å²) in [6, 6.07) is 6.68. The molecule has 0 spiro atoms. The van der Waals surface area contributed by atoms with Crippen molar-refractivity contribution in [2.45, 2.75) is 24.3 Å². The van der Waals surface area contributed by atoms with Crippen molar-refractivity contribution >= 4 is 46.8 Å². The predicted molar refractivity (Wildman–Crippen MR) is 83.3 cm³/mol. The largest absolute Gasteiger partial charge is 0.324 e. The van der Waals surface area contributed by atoms with Gasteiger partial charge in [0.1, 0.15) is 6.54 Å². The number of amides is 3. The maximum Gasteiger partial charge on any atom is 0.244 e. The Morgan fingerprint density at radius 1 is 1.29 bits per heavy atom. The minimum atomic E-state index is -0.426. The molecule has 1 fully saturated rings. The van der Waals surface area contributed by atoms with E-state index in [1.807, 2.05) is 0 Å². The number of nitrogens with one attached hydrogen (secondary N) is 1. The van der Waals surface area contributed by atoms with E-state index in [0.717, 1.165) is 4.90 Å². The second-order valence-electron chi connectivity index (χ2n) is 4.74. The molecule has 0 saturated carbocycles. The monoisotopic (exact) mass is 326 g/mol. The van der Waals surface area contributed by atoms with E-state index >= 15 is 0 Å². The summed E-state index contributed by atoms with van der Waals surface area (Å²) in [6.45, 7) is 3.19. The van der Waals surface area contributed by atoms with Crippen LogP contribution in [-0.4, -0.2) is 39.7 Å². The van der Waals surface area contributed by atoms with Gasteiger partial charge in [-0.15, -0.1) is 11.8 Å². The van der Waals surface area contributed by atoms with Crippen molar-refractivity contribution in [1.29, 1.82) is 0 Å². The summed E-state index contributed by atoms with van der Waals surface area (Å²) < 4.78 is 0. The van der Waals surface area contributed by atoms with Crippen LogP contribution in [-0.2, 0) is 14.4 Å². The third-order valence-corrected chi connectivity index (χ3v) is 4.50. The fraction of sp³-hybridized carbons (Fsp3) is 0.357. The van der Waals surface area contributed by atoms with Gasteiger partial charge < -0.3 is 5.32 Å². The number of nitrogens with zero attached hydrogens (tertiary/aromatic N) is 1. The average molecular weight is 327 g/mol. The zero-order chi connectivity index (χ0) is 15.6. The van der Waals surface area contributed by atoms with Crippen molar-refractivity contribution in [3.05, 3.63) is 29.3 Å². The summed E-state index contributed by atoms with van der Waals surface area (Å²) in [5.74, 6) is -1.08. The third-order valence-electron chi connectivity index (χ3n) is 3.05. The average Bonchev–Trinajstić information content (AvgIpc) is 2.41. The minimum absolute atomic E-state index is 0.278. The van der Waals surface area contributed by atoms with Gasteiger partial charge in [-0.2, -0.15) is 0 Å². The maximum absolute atomic E-state index is 12.0. The molecule has 0 bridgehead atoms. The van der Waals surface area contributed by atoms with E-state index in [9.17, 15) is 14.4 Å².